The number of hydrogen-bond donors (Lipinski definition) is 1. The van der Waals surface area contributed by atoms with E-state index in [4.69, 9.17) is 4.74 Å². The number of carbonyl (C=O) groups excluding carboxylic acids is 1. The summed E-state index contributed by atoms with van der Waals surface area (Å²) >= 11 is 0. The van der Waals surface area contributed by atoms with Crippen molar-refractivity contribution in [3.63, 3.8) is 0 Å². The zero-order chi connectivity index (χ0) is 19.2. The van der Waals surface area contributed by atoms with Crippen LogP contribution in [0, 0.1) is 0 Å². The van der Waals surface area contributed by atoms with Crippen LogP contribution in [0.15, 0.2) is 72.8 Å². The first-order valence-electron chi connectivity index (χ1n) is 9.52. The van der Waals surface area contributed by atoms with Gasteiger partial charge >= 0.3 is 0 Å². The smallest absolute Gasteiger partial charge is 0.229 e. The number of amides is 1. The van der Waals surface area contributed by atoms with Gasteiger partial charge in [0.25, 0.3) is 0 Å². The van der Waals surface area contributed by atoms with Gasteiger partial charge in [0, 0.05) is 24.3 Å². The second-order valence-corrected chi connectivity index (χ2v) is 6.76. The Morgan fingerprint density at radius 2 is 1.68 bits per heavy atom. The van der Waals surface area contributed by atoms with Crippen molar-refractivity contribution in [3.05, 3.63) is 78.4 Å². The summed E-state index contributed by atoms with van der Waals surface area (Å²) in [5.41, 5.74) is 4.04. The molecule has 0 unspecified atom stereocenters. The number of anilines is 2. The van der Waals surface area contributed by atoms with Crippen LogP contribution in [-0.4, -0.2) is 37.2 Å². The Hall–Kier alpha value is -3.18. The Balaban J connectivity index is 1.43. The lowest BCUT2D eigenvalue weighted by molar-refractivity contribution is -0.115. The minimum absolute atomic E-state index is 0.0708. The minimum atomic E-state index is -0.0708. The quantitative estimate of drug-likeness (QED) is 0.740. The number of ether oxygens (including phenoxy) is 1. The van der Waals surface area contributed by atoms with Crippen molar-refractivity contribution in [2.45, 2.75) is 6.42 Å². The van der Waals surface area contributed by atoms with Crippen molar-refractivity contribution in [2.24, 2.45) is 0 Å². The molecule has 0 radical (unpaired) electrons. The van der Waals surface area contributed by atoms with E-state index in [0.29, 0.717) is 12.2 Å². The average Bonchev–Trinajstić information content (AvgIpc) is 2.75. The van der Waals surface area contributed by atoms with E-state index in [1.807, 2.05) is 48.5 Å². The molecule has 2 aromatic carbocycles. The Morgan fingerprint density at radius 1 is 0.929 bits per heavy atom. The first-order valence-corrected chi connectivity index (χ1v) is 9.52. The fourth-order valence-electron chi connectivity index (χ4n) is 3.30. The van der Waals surface area contributed by atoms with Crippen molar-refractivity contribution < 1.29 is 9.53 Å². The fraction of sp³-hybridized carbons (Fsp3) is 0.217. The zero-order valence-corrected chi connectivity index (χ0v) is 15.7. The highest BCUT2D eigenvalue weighted by Crippen LogP contribution is 2.23. The van der Waals surface area contributed by atoms with E-state index in [9.17, 15) is 4.79 Å². The Kier molecular flexibility index (Phi) is 5.64. The predicted octanol–water partition coefficient (Wildman–Crippen LogP) is 3.77. The molecule has 4 rings (SSSR count). The predicted molar refractivity (Wildman–Crippen MR) is 111 cm³/mol. The lowest BCUT2D eigenvalue weighted by Crippen LogP contribution is -2.36. The lowest BCUT2D eigenvalue weighted by atomic mass is 10.1. The molecule has 1 N–H and O–H groups in total. The average molecular weight is 373 g/mol. The molecular weight excluding hydrogens is 350 g/mol. The van der Waals surface area contributed by atoms with Crippen molar-refractivity contribution in [3.8, 4) is 11.3 Å². The van der Waals surface area contributed by atoms with Gasteiger partial charge in [-0.2, -0.15) is 0 Å². The Labute approximate surface area is 165 Å². The molecule has 1 saturated heterocycles. The number of benzene rings is 2. The summed E-state index contributed by atoms with van der Waals surface area (Å²) in [6, 6.07) is 23.7. The molecule has 0 bridgehead atoms. The molecule has 3 aromatic rings. The van der Waals surface area contributed by atoms with Crippen LogP contribution in [0.4, 0.5) is 11.5 Å². The maximum absolute atomic E-state index is 12.3. The summed E-state index contributed by atoms with van der Waals surface area (Å²) in [5.74, 6) is 0.495. The molecule has 0 aliphatic carbocycles. The van der Waals surface area contributed by atoms with Crippen LogP contribution < -0.4 is 10.2 Å². The number of hydrogen-bond acceptors (Lipinski definition) is 4. The van der Waals surface area contributed by atoms with Crippen molar-refractivity contribution in [2.75, 3.05) is 36.5 Å². The Bertz CT molecular complexity index is 920. The van der Waals surface area contributed by atoms with E-state index >= 15 is 0 Å². The topological polar surface area (TPSA) is 54.5 Å². The highest BCUT2D eigenvalue weighted by atomic mass is 16.5. The third-order valence-corrected chi connectivity index (χ3v) is 4.76. The number of rotatable bonds is 5. The van der Waals surface area contributed by atoms with E-state index in [0.717, 1.165) is 43.1 Å². The van der Waals surface area contributed by atoms with Crippen molar-refractivity contribution in [1.82, 2.24) is 4.98 Å². The molecule has 5 heteroatoms. The molecule has 28 heavy (non-hydrogen) atoms. The fourth-order valence-corrected chi connectivity index (χ4v) is 3.30. The molecule has 1 aliphatic rings. The van der Waals surface area contributed by atoms with Gasteiger partial charge in [-0.05, 0) is 29.8 Å². The molecule has 5 nitrogen and oxygen atoms in total. The molecule has 142 valence electrons. The molecule has 1 fully saturated rings. The second-order valence-electron chi connectivity index (χ2n) is 6.76. The summed E-state index contributed by atoms with van der Waals surface area (Å²) in [4.78, 5) is 19.2. The first kappa shape index (κ1) is 18.2. The number of aromatic nitrogens is 1. The summed E-state index contributed by atoms with van der Waals surface area (Å²) in [7, 11) is 0. The van der Waals surface area contributed by atoms with E-state index < -0.39 is 0 Å². The summed E-state index contributed by atoms with van der Waals surface area (Å²) in [6.07, 6.45) is 0.334. The third-order valence-electron chi connectivity index (χ3n) is 4.76. The van der Waals surface area contributed by atoms with Crippen LogP contribution in [0.2, 0.25) is 0 Å². The molecular formula is C23H23N3O2. The van der Waals surface area contributed by atoms with Gasteiger partial charge in [-0.3, -0.25) is 4.79 Å². The maximum atomic E-state index is 12.3. The summed E-state index contributed by atoms with van der Waals surface area (Å²) in [5, 5.41) is 2.89. The van der Waals surface area contributed by atoms with Crippen LogP contribution in [0.1, 0.15) is 5.56 Å². The van der Waals surface area contributed by atoms with Gasteiger partial charge in [0.15, 0.2) is 0 Å². The Morgan fingerprint density at radius 3 is 2.43 bits per heavy atom. The van der Waals surface area contributed by atoms with Gasteiger partial charge in [0.1, 0.15) is 5.82 Å². The zero-order valence-electron chi connectivity index (χ0n) is 15.7. The van der Waals surface area contributed by atoms with Crippen molar-refractivity contribution in [1.29, 1.82) is 0 Å². The van der Waals surface area contributed by atoms with Crippen LogP contribution in [0.3, 0.4) is 0 Å². The van der Waals surface area contributed by atoms with Crippen molar-refractivity contribution >= 4 is 17.4 Å². The SMILES string of the molecule is O=C(Cc1ccccc1)Nc1cccc(-c2ccc(N3CCOCC3)cc2)n1. The summed E-state index contributed by atoms with van der Waals surface area (Å²) in [6.45, 7) is 3.38. The summed E-state index contributed by atoms with van der Waals surface area (Å²) < 4.78 is 5.41. The van der Waals surface area contributed by atoms with E-state index in [2.05, 4.69) is 39.5 Å². The molecule has 1 aromatic heterocycles. The van der Waals surface area contributed by atoms with Gasteiger partial charge < -0.3 is 15.0 Å². The highest BCUT2D eigenvalue weighted by Gasteiger charge is 2.11. The van der Waals surface area contributed by atoms with Gasteiger partial charge in [0.05, 0.1) is 25.3 Å². The normalized spacial score (nSPS) is 13.9. The van der Waals surface area contributed by atoms with Crippen LogP contribution >= 0.6 is 0 Å². The third kappa shape index (κ3) is 4.56. The number of nitrogens with zero attached hydrogens (tertiary/aromatic N) is 2. The van der Waals surface area contributed by atoms with Crippen LogP contribution in [-0.2, 0) is 16.0 Å². The number of morpholine rings is 1. The highest BCUT2D eigenvalue weighted by molar-refractivity contribution is 5.91. The van der Waals surface area contributed by atoms with Gasteiger partial charge in [0.2, 0.25) is 5.91 Å². The van der Waals surface area contributed by atoms with Gasteiger partial charge in [-0.15, -0.1) is 0 Å². The number of nitrogens with one attached hydrogen (secondary N) is 1. The van der Waals surface area contributed by atoms with E-state index in [-0.39, 0.29) is 5.91 Å². The molecule has 2 heterocycles. The van der Waals surface area contributed by atoms with Crippen LogP contribution in [0.25, 0.3) is 11.3 Å². The van der Waals surface area contributed by atoms with E-state index in [1.54, 1.807) is 0 Å². The molecule has 1 amide bonds. The molecule has 0 atom stereocenters. The molecule has 1 aliphatic heterocycles. The lowest BCUT2D eigenvalue weighted by Gasteiger charge is -2.28. The minimum Gasteiger partial charge on any atom is -0.378 e. The van der Waals surface area contributed by atoms with Gasteiger partial charge in [-0.1, -0.05) is 48.5 Å². The molecule has 0 saturated carbocycles. The maximum Gasteiger partial charge on any atom is 0.229 e. The monoisotopic (exact) mass is 373 g/mol. The number of carbonyl (C=O) groups is 1. The second kappa shape index (κ2) is 8.67. The molecule has 0 spiro atoms. The van der Waals surface area contributed by atoms with Crippen LogP contribution in [0.5, 0.6) is 0 Å². The number of pyridine rings is 1. The van der Waals surface area contributed by atoms with E-state index in [1.165, 1.54) is 5.69 Å². The largest absolute Gasteiger partial charge is 0.378 e. The first-order chi connectivity index (χ1) is 13.8. The van der Waals surface area contributed by atoms with Gasteiger partial charge in [-0.25, -0.2) is 4.98 Å². The standard InChI is InChI=1S/C23H23N3O2/c27-23(17-18-5-2-1-3-6-18)25-22-8-4-7-21(24-22)19-9-11-20(12-10-19)26-13-15-28-16-14-26/h1-12H,13-17H2,(H,24,25,27).